The van der Waals surface area contributed by atoms with Crippen molar-refractivity contribution in [1.82, 2.24) is 0 Å². The molecule has 6 nitrogen and oxygen atoms in total. The lowest BCUT2D eigenvalue weighted by atomic mass is 10.1. The van der Waals surface area contributed by atoms with Crippen LogP contribution < -0.4 is 14.8 Å². The van der Waals surface area contributed by atoms with E-state index in [0.29, 0.717) is 33.7 Å². The second-order valence-electron chi connectivity index (χ2n) is 7.02. The Hall–Kier alpha value is -4.06. The van der Waals surface area contributed by atoms with Crippen molar-refractivity contribution in [3.63, 3.8) is 0 Å². The zero-order chi connectivity index (χ0) is 21.8. The second-order valence-corrected chi connectivity index (χ2v) is 7.02. The number of hydrogen-bond acceptors (Lipinski definition) is 5. The average Bonchev–Trinajstić information content (AvgIpc) is 3.15. The van der Waals surface area contributed by atoms with E-state index in [4.69, 9.17) is 13.9 Å². The minimum absolute atomic E-state index is 0.0540. The molecule has 0 aliphatic rings. The van der Waals surface area contributed by atoms with E-state index >= 15 is 0 Å². The fourth-order valence-corrected chi connectivity index (χ4v) is 3.25. The number of furan rings is 1. The van der Waals surface area contributed by atoms with Gasteiger partial charge >= 0.3 is 0 Å². The van der Waals surface area contributed by atoms with Crippen LogP contribution >= 0.6 is 0 Å². The summed E-state index contributed by atoms with van der Waals surface area (Å²) in [7, 11) is 1.53. The molecule has 31 heavy (non-hydrogen) atoms. The van der Waals surface area contributed by atoms with E-state index in [9.17, 15) is 9.59 Å². The third kappa shape index (κ3) is 4.43. The van der Waals surface area contributed by atoms with Crippen LogP contribution in [0.5, 0.6) is 11.5 Å². The highest BCUT2D eigenvalue weighted by molar-refractivity contribution is 6.17. The number of carbonyl (C=O) groups excluding carboxylic acids is 2. The van der Waals surface area contributed by atoms with Crippen molar-refractivity contribution >= 4 is 28.3 Å². The van der Waals surface area contributed by atoms with Crippen LogP contribution in [0.25, 0.3) is 11.0 Å². The first-order valence-corrected chi connectivity index (χ1v) is 9.75. The molecule has 0 spiro atoms. The van der Waals surface area contributed by atoms with Gasteiger partial charge in [0, 0.05) is 10.9 Å². The summed E-state index contributed by atoms with van der Waals surface area (Å²) in [6.45, 7) is 1.75. The first-order chi connectivity index (χ1) is 15.0. The number of aryl methyl sites for hydroxylation is 1. The summed E-state index contributed by atoms with van der Waals surface area (Å²) < 4.78 is 16.6. The Morgan fingerprint density at radius 1 is 0.935 bits per heavy atom. The number of benzene rings is 3. The van der Waals surface area contributed by atoms with Gasteiger partial charge in [-0.15, -0.1) is 0 Å². The van der Waals surface area contributed by atoms with Crippen molar-refractivity contribution in [2.45, 2.75) is 6.92 Å². The third-order valence-electron chi connectivity index (χ3n) is 4.76. The molecule has 0 saturated heterocycles. The maximum atomic E-state index is 13.2. The zero-order valence-corrected chi connectivity index (χ0v) is 17.2. The van der Waals surface area contributed by atoms with E-state index in [2.05, 4.69) is 5.32 Å². The Morgan fingerprint density at radius 2 is 1.71 bits per heavy atom. The van der Waals surface area contributed by atoms with Gasteiger partial charge in [0.1, 0.15) is 17.1 Å². The average molecular weight is 415 g/mol. The molecule has 0 unspecified atom stereocenters. The Labute approximate surface area is 179 Å². The maximum Gasteiger partial charge on any atom is 0.262 e. The molecule has 6 heteroatoms. The number of amides is 1. The van der Waals surface area contributed by atoms with Crippen molar-refractivity contribution in [2.24, 2.45) is 0 Å². The number of para-hydroxylation sites is 1. The van der Waals surface area contributed by atoms with Crippen LogP contribution in [-0.4, -0.2) is 25.4 Å². The maximum absolute atomic E-state index is 13.2. The molecule has 0 saturated carbocycles. The molecule has 156 valence electrons. The first-order valence-electron chi connectivity index (χ1n) is 9.75. The summed E-state index contributed by atoms with van der Waals surface area (Å²) in [6, 6.07) is 21.4. The summed E-state index contributed by atoms with van der Waals surface area (Å²) in [5.41, 5.74) is 2.25. The summed E-state index contributed by atoms with van der Waals surface area (Å²) in [6.07, 6.45) is 0. The molecule has 1 heterocycles. The van der Waals surface area contributed by atoms with Crippen LogP contribution in [0.1, 0.15) is 21.7 Å². The van der Waals surface area contributed by atoms with Crippen LogP contribution in [0.3, 0.4) is 0 Å². The van der Waals surface area contributed by atoms with Crippen molar-refractivity contribution in [2.75, 3.05) is 19.0 Å². The fraction of sp³-hybridized carbons (Fsp3) is 0.120. The van der Waals surface area contributed by atoms with E-state index in [1.165, 1.54) is 7.11 Å². The van der Waals surface area contributed by atoms with Crippen molar-refractivity contribution in [3.05, 3.63) is 89.7 Å². The summed E-state index contributed by atoms with van der Waals surface area (Å²) in [4.78, 5) is 25.8. The normalized spacial score (nSPS) is 10.6. The van der Waals surface area contributed by atoms with Gasteiger partial charge in [-0.25, -0.2) is 0 Å². The lowest BCUT2D eigenvalue weighted by Gasteiger charge is -2.09. The third-order valence-corrected chi connectivity index (χ3v) is 4.76. The molecule has 1 N–H and O–H groups in total. The molecule has 0 aliphatic heterocycles. The largest absolute Gasteiger partial charge is 0.497 e. The standard InChI is InChI=1S/C25H21NO5/c1-16-7-5-10-19(13-16)30-15-22(27)26-23-20-11-3-4-12-21(20)31-25(23)24(28)17-8-6-9-18(14-17)29-2/h3-14H,15H2,1-2H3,(H,26,27). The second kappa shape index (κ2) is 8.75. The van der Waals surface area contributed by atoms with E-state index in [1.54, 1.807) is 48.5 Å². The zero-order valence-electron chi connectivity index (χ0n) is 17.2. The Morgan fingerprint density at radius 3 is 2.52 bits per heavy atom. The molecule has 4 aromatic rings. The van der Waals surface area contributed by atoms with Gasteiger partial charge in [0.15, 0.2) is 12.4 Å². The van der Waals surface area contributed by atoms with E-state index in [-0.39, 0.29) is 18.2 Å². The Balaban J connectivity index is 1.61. The number of ketones is 1. The van der Waals surface area contributed by atoms with Crippen molar-refractivity contribution in [3.8, 4) is 11.5 Å². The Bertz CT molecular complexity index is 1260. The molecule has 0 bridgehead atoms. The predicted molar refractivity (Wildman–Crippen MR) is 118 cm³/mol. The molecule has 0 radical (unpaired) electrons. The smallest absolute Gasteiger partial charge is 0.262 e. The van der Waals surface area contributed by atoms with Gasteiger partial charge < -0.3 is 19.2 Å². The number of hydrogen-bond donors (Lipinski definition) is 1. The molecule has 0 fully saturated rings. The van der Waals surface area contributed by atoms with Crippen LogP contribution in [0.15, 0.2) is 77.2 Å². The summed E-state index contributed by atoms with van der Waals surface area (Å²) in [5, 5.41) is 3.42. The lowest BCUT2D eigenvalue weighted by Crippen LogP contribution is -2.21. The van der Waals surface area contributed by atoms with Gasteiger partial charge in [0.05, 0.1) is 12.8 Å². The fourth-order valence-electron chi connectivity index (χ4n) is 3.25. The summed E-state index contributed by atoms with van der Waals surface area (Å²) >= 11 is 0. The molecular formula is C25H21NO5. The molecule has 1 amide bonds. The van der Waals surface area contributed by atoms with Crippen LogP contribution in [0, 0.1) is 6.92 Å². The monoisotopic (exact) mass is 415 g/mol. The van der Waals surface area contributed by atoms with Gasteiger partial charge in [-0.05, 0) is 48.9 Å². The van der Waals surface area contributed by atoms with Crippen molar-refractivity contribution in [1.29, 1.82) is 0 Å². The van der Waals surface area contributed by atoms with E-state index < -0.39 is 5.91 Å². The minimum atomic E-state index is -0.396. The number of nitrogens with one attached hydrogen (secondary N) is 1. The van der Waals surface area contributed by atoms with Gasteiger partial charge in [-0.2, -0.15) is 0 Å². The highest BCUT2D eigenvalue weighted by Gasteiger charge is 2.23. The molecule has 4 rings (SSSR count). The molecule has 0 aliphatic carbocycles. The van der Waals surface area contributed by atoms with Gasteiger partial charge in [0.2, 0.25) is 5.78 Å². The SMILES string of the molecule is COc1cccc(C(=O)c2oc3ccccc3c2NC(=O)COc2cccc(C)c2)c1. The van der Waals surface area contributed by atoms with Crippen LogP contribution in [0.4, 0.5) is 5.69 Å². The number of anilines is 1. The number of fused-ring (bicyclic) bond motifs is 1. The number of rotatable bonds is 7. The summed E-state index contributed by atoms with van der Waals surface area (Å²) in [5.74, 6) is 0.454. The first kappa shape index (κ1) is 20.2. The molecule has 3 aromatic carbocycles. The number of carbonyl (C=O) groups is 2. The number of ether oxygens (including phenoxy) is 2. The Kier molecular flexibility index (Phi) is 5.71. The topological polar surface area (TPSA) is 77.8 Å². The van der Waals surface area contributed by atoms with Gasteiger partial charge in [-0.3, -0.25) is 9.59 Å². The molecular weight excluding hydrogens is 394 g/mol. The van der Waals surface area contributed by atoms with Gasteiger partial charge in [-0.1, -0.05) is 36.4 Å². The lowest BCUT2D eigenvalue weighted by molar-refractivity contribution is -0.118. The molecule has 0 atom stereocenters. The van der Waals surface area contributed by atoms with E-state index in [1.807, 2.05) is 31.2 Å². The van der Waals surface area contributed by atoms with Crippen LogP contribution in [0.2, 0.25) is 0 Å². The van der Waals surface area contributed by atoms with Gasteiger partial charge in [0.25, 0.3) is 5.91 Å². The van der Waals surface area contributed by atoms with Crippen molar-refractivity contribution < 1.29 is 23.5 Å². The van der Waals surface area contributed by atoms with E-state index in [0.717, 1.165) is 5.56 Å². The highest BCUT2D eigenvalue weighted by atomic mass is 16.5. The minimum Gasteiger partial charge on any atom is -0.497 e. The van der Waals surface area contributed by atoms with Crippen LogP contribution in [-0.2, 0) is 4.79 Å². The molecule has 1 aromatic heterocycles. The predicted octanol–water partition coefficient (Wildman–Crippen LogP) is 5.00. The number of methoxy groups -OCH3 is 1. The quantitative estimate of drug-likeness (QED) is 0.430. The highest BCUT2D eigenvalue weighted by Crippen LogP contribution is 2.33.